The van der Waals surface area contributed by atoms with Crippen molar-refractivity contribution in [3.05, 3.63) is 29.8 Å². The SMILES string of the molecule is CCC(=O)c1cccc(S(=O)(=O)NCCNC2CCCCCC2)c1.Cl. The van der Waals surface area contributed by atoms with Crippen molar-refractivity contribution in [2.24, 2.45) is 0 Å². The van der Waals surface area contributed by atoms with Gasteiger partial charge in [0.2, 0.25) is 10.0 Å². The van der Waals surface area contributed by atoms with Crippen molar-refractivity contribution in [1.29, 1.82) is 0 Å². The van der Waals surface area contributed by atoms with Crippen LogP contribution in [0.4, 0.5) is 0 Å². The Morgan fingerprint density at radius 2 is 1.80 bits per heavy atom. The van der Waals surface area contributed by atoms with E-state index >= 15 is 0 Å². The van der Waals surface area contributed by atoms with Crippen LogP contribution in [0.3, 0.4) is 0 Å². The van der Waals surface area contributed by atoms with E-state index in [2.05, 4.69) is 10.0 Å². The topological polar surface area (TPSA) is 75.3 Å². The number of ketones is 1. The van der Waals surface area contributed by atoms with Crippen LogP contribution in [0, 0.1) is 0 Å². The number of halogens is 1. The van der Waals surface area contributed by atoms with Gasteiger partial charge in [-0.05, 0) is 25.0 Å². The highest BCUT2D eigenvalue weighted by atomic mass is 35.5. The molecule has 1 aromatic rings. The van der Waals surface area contributed by atoms with E-state index in [0.29, 0.717) is 31.1 Å². The second-order valence-corrected chi connectivity index (χ2v) is 8.11. The van der Waals surface area contributed by atoms with Gasteiger partial charge in [0, 0.05) is 31.1 Å². The average Bonchev–Trinajstić information content (AvgIpc) is 2.87. The predicted molar refractivity (Wildman–Crippen MR) is 103 cm³/mol. The molecule has 0 amide bonds. The first-order chi connectivity index (χ1) is 11.5. The Morgan fingerprint density at radius 1 is 1.12 bits per heavy atom. The summed E-state index contributed by atoms with van der Waals surface area (Å²) in [6, 6.07) is 6.74. The Kier molecular flexibility index (Phi) is 9.64. The van der Waals surface area contributed by atoms with Crippen LogP contribution in [0.25, 0.3) is 0 Å². The minimum atomic E-state index is -3.58. The number of benzene rings is 1. The van der Waals surface area contributed by atoms with Gasteiger partial charge in [0.25, 0.3) is 0 Å². The van der Waals surface area contributed by atoms with E-state index in [1.807, 2.05) is 0 Å². The fourth-order valence-electron chi connectivity index (χ4n) is 3.07. The smallest absolute Gasteiger partial charge is 0.240 e. The third kappa shape index (κ3) is 7.05. The van der Waals surface area contributed by atoms with Gasteiger partial charge in [-0.1, -0.05) is 44.7 Å². The van der Waals surface area contributed by atoms with Crippen LogP contribution in [0.1, 0.15) is 62.2 Å². The minimum absolute atomic E-state index is 0. The van der Waals surface area contributed by atoms with Gasteiger partial charge >= 0.3 is 0 Å². The summed E-state index contributed by atoms with van der Waals surface area (Å²) < 4.78 is 27.3. The summed E-state index contributed by atoms with van der Waals surface area (Å²) in [7, 11) is -3.58. The van der Waals surface area contributed by atoms with Gasteiger partial charge in [-0.15, -0.1) is 12.4 Å². The summed E-state index contributed by atoms with van der Waals surface area (Å²) in [5, 5.41) is 3.44. The Labute approximate surface area is 157 Å². The number of carbonyl (C=O) groups is 1. The van der Waals surface area contributed by atoms with Crippen LogP contribution in [-0.4, -0.2) is 33.3 Å². The average molecular weight is 389 g/mol. The highest BCUT2D eigenvalue weighted by Gasteiger charge is 2.16. The maximum atomic E-state index is 12.4. The molecule has 1 fully saturated rings. The summed E-state index contributed by atoms with van der Waals surface area (Å²) >= 11 is 0. The molecule has 142 valence electrons. The number of hydrogen-bond acceptors (Lipinski definition) is 4. The van der Waals surface area contributed by atoms with Gasteiger partial charge in [0.15, 0.2) is 5.78 Å². The molecule has 0 aliphatic heterocycles. The first-order valence-corrected chi connectivity index (χ1v) is 10.4. The molecule has 0 unspecified atom stereocenters. The zero-order valence-corrected chi connectivity index (χ0v) is 16.4. The van der Waals surface area contributed by atoms with Crippen molar-refractivity contribution in [2.45, 2.75) is 62.8 Å². The number of sulfonamides is 1. The number of hydrogen-bond donors (Lipinski definition) is 2. The number of rotatable bonds is 8. The number of carbonyl (C=O) groups excluding carboxylic acids is 1. The molecule has 7 heteroatoms. The van der Waals surface area contributed by atoms with Crippen LogP contribution >= 0.6 is 12.4 Å². The highest BCUT2D eigenvalue weighted by molar-refractivity contribution is 7.89. The molecule has 0 heterocycles. The van der Waals surface area contributed by atoms with Crippen LogP contribution in [0.2, 0.25) is 0 Å². The normalized spacial score (nSPS) is 16.0. The van der Waals surface area contributed by atoms with Gasteiger partial charge in [0.05, 0.1) is 4.90 Å². The van der Waals surface area contributed by atoms with Gasteiger partial charge in [-0.2, -0.15) is 0 Å². The Bertz CT molecular complexity index is 641. The highest BCUT2D eigenvalue weighted by Crippen LogP contribution is 2.17. The zero-order valence-electron chi connectivity index (χ0n) is 14.8. The minimum Gasteiger partial charge on any atom is -0.313 e. The van der Waals surface area contributed by atoms with E-state index in [1.165, 1.54) is 50.7 Å². The Morgan fingerprint density at radius 3 is 2.44 bits per heavy atom. The quantitative estimate of drug-likeness (QED) is 0.407. The first kappa shape index (κ1) is 22.1. The van der Waals surface area contributed by atoms with Crippen molar-refractivity contribution in [1.82, 2.24) is 10.0 Å². The molecular formula is C18H29ClN2O3S. The van der Waals surface area contributed by atoms with Crippen molar-refractivity contribution in [2.75, 3.05) is 13.1 Å². The molecule has 1 saturated carbocycles. The lowest BCUT2D eigenvalue weighted by atomic mass is 10.1. The van der Waals surface area contributed by atoms with Gasteiger partial charge < -0.3 is 5.32 Å². The molecule has 0 saturated heterocycles. The molecular weight excluding hydrogens is 360 g/mol. The summed E-state index contributed by atoms with van der Waals surface area (Å²) in [4.78, 5) is 11.9. The third-order valence-corrected chi connectivity index (χ3v) is 5.95. The molecule has 1 aromatic carbocycles. The van der Waals surface area contributed by atoms with Crippen LogP contribution in [0.15, 0.2) is 29.2 Å². The molecule has 1 aliphatic carbocycles. The molecule has 25 heavy (non-hydrogen) atoms. The van der Waals surface area contributed by atoms with Crippen LogP contribution in [-0.2, 0) is 10.0 Å². The van der Waals surface area contributed by atoms with Crippen molar-refractivity contribution in [3.8, 4) is 0 Å². The van der Waals surface area contributed by atoms with Crippen molar-refractivity contribution in [3.63, 3.8) is 0 Å². The monoisotopic (exact) mass is 388 g/mol. The third-order valence-electron chi connectivity index (χ3n) is 4.49. The summed E-state index contributed by atoms with van der Waals surface area (Å²) in [6.07, 6.45) is 7.82. The summed E-state index contributed by atoms with van der Waals surface area (Å²) in [5.41, 5.74) is 0.442. The van der Waals surface area contributed by atoms with Gasteiger partial charge in [0.1, 0.15) is 0 Å². The van der Waals surface area contributed by atoms with Crippen molar-refractivity contribution >= 4 is 28.2 Å². The predicted octanol–water partition coefficient (Wildman–Crippen LogP) is 3.29. The molecule has 0 radical (unpaired) electrons. The van der Waals surface area contributed by atoms with Crippen molar-refractivity contribution < 1.29 is 13.2 Å². The van der Waals surface area contributed by atoms with E-state index in [4.69, 9.17) is 0 Å². The van der Waals surface area contributed by atoms with Gasteiger partial charge in [-0.3, -0.25) is 4.79 Å². The molecule has 5 nitrogen and oxygen atoms in total. The molecule has 0 atom stereocenters. The first-order valence-electron chi connectivity index (χ1n) is 8.89. The van der Waals surface area contributed by atoms with Gasteiger partial charge in [-0.25, -0.2) is 13.1 Å². The maximum absolute atomic E-state index is 12.4. The van der Waals surface area contributed by atoms with E-state index in [9.17, 15) is 13.2 Å². The van der Waals surface area contributed by atoms with E-state index in [-0.39, 0.29) is 23.1 Å². The number of nitrogens with one attached hydrogen (secondary N) is 2. The second-order valence-electron chi connectivity index (χ2n) is 6.34. The fourth-order valence-corrected chi connectivity index (χ4v) is 4.15. The standard InChI is InChI=1S/C18H28N2O3S.ClH/c1-2-18(21)15-8-7-11-17(14-15)24(22,23)20-13-12-19-16-9-5-3-4-6-10-16;/h7-8,11,14,16,19-20H,2-6,9-10,12-13H2,1H3;1H. The zero-order chi connectivity index (χ0) is 17.4. The molecule has 2 rings (SSSR count). The Balaban J connectivity index is 0.00000312. The van der Waals surface area contributed by atoms with E-state index < -0.39 is 10.0 Å². The number of Topliss-reactive ketones (excluding diaryl/α,β-unsaturated/α-hetero) is 1. The Hall–Kier alpha value is -0.950. The maximum Gasteiger partial charge on any atom is 0.240 e. The lowest BCUT2D eigenvalue weighted by molar-refractivity contribution is 0.0988. The largest absolute Gasteiger partial charge is 0.313 e. The van der Waals surface area contributed by atoms with E-state index in [0.717, 1.165) is 0 Å². The molecule has 0 aromatic heterocycles. The molecule has 0 spiro atoms. The molecule has 2 N–H and O–H groups in total. The van der Waals surface area contributed by atoms with Crippen LogP contribution < -0.4 is 10.0 Å². The lowest BCUT2D eigenvalue weighted by Crippen LogP contribution is -2.36. The molecule has 1 aliphatic rings. The lowest BCUT2D eigenvalue weighted by Gasteiger charge is -2.16. The summed E-state index contributed by atoms with van der Waals surface area (Å²) in [5.74, 6) is -0.0536. The van der Waals surface area contributed by atoms with E-state index in [1.54, 1.807) is 19.1 Å². The molecule has 0 bridgehead atoms. The summed E-state index contributed by atoms with van der Waals surface area (Å²) in [6.45, 7) is 2.74. The van der Waals surface area contributed by atoms with Crippen LogP contribution in [0.5, 0.6) is 0 Å². The fraction of sp³-hybridized carbons (Fsp3) is 0.611. The second kappa shape index (κ2) is 10.9.